The number of primary amides is 1. The number of nitrogens with two attached hydrogens (primary N) is 1. The van der Waals surface area contributed by atoms with Crippen LogP contribution >= 0.6 is 0 Å². The quantitative estimate of drug-likeness (QED) is 0.757. The molecule has 3 rings (SSSR count). The van der Waals surface area contributed by atoms with Gasteiger partial charge in [0.05, 0.1) is 22.7 Å². The molecule has 0 aromatic carbocycles. The SMILES string of the molecule is CC12NC=CC1=C(B1OC(C)(C)C(C)(C)O1)C=CC2C(N)=O. The second kappa shape index (κ2) is 4.49. The fraction of sp³-hybridized carbons (Fsp3) is 0.562. The first-order valence-corrected chi connectivity index (χ1v) is 7.60. The van der Waals surface area contributed by atoms with Crippen molar-refractivity contribution < 1.29 is 14.1 Å². The lowest BCUT2D eigenvalue weighted by Gasteiger charge is -2.36. The molecular formula is C16H23BN2O3. The van der Waals surface area contributed by atoms with E-state index in [1.807, 2.05) is 59.0 Å². The smallest absolute Gasteiger partial charge is 0.399 e. The van der Waals surface area contributed by atoms with Crippen molar-refractivity contribution >= 4 is 13.0 Å². The lowest BCUT2D eigenvalue weighted by molar-refractivity contribution is -0.121. The molecule has 0 aromatic rings. The molecule has 118 valence electrons. The molecule has 0 radical (unpaired) electrons. The van der Waals surface area contributed by atoms with E-state index in [1.165, 1.54) is 0 Å². The maximum atomic E-state index is 11.8. The molecule has 2 unspecified atom stereocenters. The summed E-state index contributed by atoms with van der Waals surface area (Å²) < 4.78 is 12.3. The third kappa shape index (κ3) is 1.97. The van der Waals surface area contributed by atoms with Crippen LogP contribution in [0, 0.1) is 5.92 Å². The highest BCUT2D eigenvalue weighted by atomic mass is 16.7. The summed E-state index contributed by atoms with van der Waals surface area (Å²) in [6.45, 7) is 10.1. The second-order valence-corrected chi connectivity index (χ2v) is 7.38. The molecular weight excluding hydrogens is 279 g/mol. The minimum atomic E-state index is -0.542. The van der Waals surface area contributed by atoms with E-state index in [1.54, 1.807) is 0 Å². The lowest BCUT2D eigenvalue weighted by Crippen LogP contribution is -2.51. The largest absolute Gasteiger partial charge is 0.495 e. The second-order valence-electron chi connectivity index (χ2n) is 7.38. The van der Waals surface area contributed by atoms with Gasteiger partial charge in [-0.25, -0.2) is 0 Å². The first-order valence-electron chi connectivity index (χ1n) is 7.60. The zero-order valence-corrected chi connectivity index (χ0v) is 13.8. The van der Waals surface area contributed by atoms with E-state index in [-0.39, 0.29) is 5.91 Å². The van der Waals surface area contributed by atoms with Gasteiger partial charge in [0, 0.05) is 0 Å². The number of fused-ring (bicyclic) bond motifs is 1. The zero-order chi connectivity index (χ0) is 16.3. The Hall–Kier alpha value is -1.53. The summed E-state index contributed by atoms with van der Waals surface area (Å²) >= 11 is 0. The fourth-order valence-electron chi connectivity index (χ4n) is 3.24. The number of hydrogen-bond acceptors (Lipinski definition) is 4. The van der Waals surface area contributed by atoms with Crippen molar-refractivity contribution in [3.8, 4) is 0 Å². The van der Waals surface area contributed by atoms with Gasteiger partial charge in [0.15, 0.2) is 0 Å². The first-order chi connectivity index (χ1) is 10.1. The Morgan fingerprint density at radius 2 is 1.77 bits per heavy atom. The Kier molecular flexibility index (Phi) is 3.14. The summed E-state index contributed by atoms with van der Waals surface area (Å²) in [7, 11) is -0.450. The predicted octanol–water partition coefficient (Wildman–Crippen LogP) is 1.46. The van der Waals surface area contributed by atoms with Crippen LogP contribution < -0.4 is 11.1 Å². The van der Waals surface area contributed by atoms with Crippen LogP contribution in [0.2, 0.25) is 0 Å². The molecule has 1 amide bonds. The number of carbonyl (C=O) groups excluding carboxylic acids is 1. The van der Waals surface area contributed by atoms with E-state index in [2.05, 4.69) is 5.32 Å². The van der Waals surface area contributed by atoms with Gasteiger partial charge in [-0.05, 0) is 57.9 Å². The monoisotopic (exact) mass is 302 g/mol. The normalized spacial score (nSPS) is 34.8. The molecule has 2 aliphatic heterocycles. The minimum Gasteiger partial charge on any atom is -0.399 e. The molecule has 3 N–H and O–H groups in total. The van der Waals surface area contributed by atoms with Crippen LogP contribution in [-0.4, -0.2) is 29.8 Å². The number of allylic oxidation sites excluding steroid dienone is 2. The summed E-state index contributed by atoms with van der Waals surface area (Å²) in [6, 6.07) is 0. The Bertz CT molecular complexity index is 605. The van der Waals surface area contributed by atoms with E-state index < -0.39 is 29.8 Å². The third-order valence-corrected chi connectivity index (χ3v) is 5.41. The lowest BCUT2D eigenvalue weighted by atomic mass is 9.65. The van der Waals surface area contributed by atoms with Gasteiger partial charge >= 0.3 is 7.12 Å². The molecule has 3 aliphatic rings. The van der Waals surface area contributed by atoms with Crippen molar-refractivity contribution in [2.24, 2.45) is 11.7 Å². The Morgan fingerprint density at radius 3 is 2.32 bits per heavy atom. The number of hydrogen-bond donors (Lipinski definition) is 2. The number of carbonyl (C=O) groups is 1. The Morgan fingerprint density at radius 1 is 1.18 bits per heavy atom. The van der Waals surface area contributed by atoms with Crippen LogP contribution in [0.5, 0.6) is 0 Å². The van der Waals surface area contributed by atoms with Gasteiger partial charge in [0.25, 0.3) is 0 Å². The van der Waals surface area contributed by atoms with Gasteiger partial charge < -0.3 is 20.4 Å². The van der Waals surface area contributed by atoms with Crippen molar-refractivity contribution in [1.82, 2.24) is 5.32 Å². The van der Waals surface area contributed by atoms with Gasteiger partial charge in [-0.15, -0.1) is 0 Å². The van der Waals surface area contributed by atoms with E-state index in [0.717, 1.165) is 11.0 Å². The van der Waals surface area contributed by atoms with Crippen molar-refractivity contribution in [3.05, 3.63) is 35.5 Å². The molecule has 1 fully saturated rings. The van der Waals surface area contributed by atoms with Gasteiger partial charge in [-0.1, -0.05) is 12.2 Å². The van der Waals surface area contributed by atoms with E-state index in [4.69, 9.17) is 15.0 Å². The highest BCUT2D eigenvalue weighted by Crippen LogP contribution is 2.44. The number of amides is 1. The van der Waals surface area contributed by atoms with Crippen LogP contribution in [0.15, 0.2) is 35.5 Å². The zero-order valence-electron chi connectivity index (χ0n) is 13.8. The van der Waals surface area contributed by atoms with Gasteiger partial charge in [0.2, 0.25) is 5.91 Å². The Balaban J connectivity index is 2.01. The fourth-order valence-corrected chi connectivity index (χ4v) is 3.24. The molecule has 1 aliphatic carbocycles. The topological polar surface area (TPSA) is 73.6 Å². The molecule has 22 heavy (non-hydrogen) atoms. The van der Waals surface area contributed by atoms with Crippen LogP contribution in [0.1, 0.15) is 34.6 Å². The predicted molar refractivity (Wildman–Crippen MR) is 85.6 cm³/mol. The molecule has 5 nitrogen and oxygen atoms in total. The molecule has 0 saturated carbocycles. The summed E-state index contributed by atoms with van der Waals surface area (Å²) in [6.07, 6.45) is 7.57. The maximum absolute atomic E-state index is 11.8. The number of rotatable bonds is 2. The van der Waals surface area contributed by atoms with Crippen LogP contribution in [0.4, 0.5) is 0 Å². The van der Waals surface area contributed by atoms with Crippen molar-refractivity contribution in [2.75, 3.05) is 0 Å². The summed E-state index contributed by atoms with van der Waals surface area (Å²) in [5, 5.41) is 3.26. The molecule has 0 aromatic heterocycles. The summed E-state index contributed by atoms with van der Waals surface area (Å²) in [5.74, 6) is -0.746. The van der Waals surface area contributed by atoms with Gasteiger partial charge in [-0.3, -0.25) is 4.79 Å². The van der Waals surface area contributed by atoms with Crippen LogP contribution in [-0.2, 0) is 14.1 Å². The molecule has 6 heteroatoms. The average Bonchev–Trinajstić information content (AvgIpc) is 2.86. The number of nitrogens with one attached hydrogen (secondary N) is 1. The maximum Gasteiger partial charge on any atom is 0.495 e. The third-order valence-electron chi connectivity index (χ3n) is 5.41. The minimum absolute atomic E-state index is 0.347. The molecule has 1 saturated heterocycles. The first kappa shape index (κ1) is 15.4. The van der Waals surface area contributed by atoms with Crippen molar-refractivity contribution in [3.63, 3.8) is 0 Å². The molecule has 2 heterocycles. The van der Waals surface area contributed by atoms with Crippen LogP contribution in [0.3, 0.4) is 0 Å². The van der Waals surface area contributed by atoms with Crippen molar-refractivity contribution in [1.29, 1.82) is 0 Å². The van der Waals surface area contributed by atoms with Gasteiger partial charge in [0.1, 0.15) is 0 Å². The van der Waals surface area contributed by atoms with Crippen molar-refractivity contribution in [2.45, 2.75) is 51.4 Å². The standard InChI is InChI=1S/C16H23BN2O3/c1-14(2)15(3,4)22-17(21-14)12-7-6-11(13(18)20)16(5)10(12)8-9-19-16/h6-9,11,19H,1-5H3,(H2,18,20). The highest BCUT2D eigenvalue weighted by molar-refractivity contribution is 6.56. The van der Waals surface area contributed by atoms with E-state index in [0.29, 0.717) is 0 Å². The molecule has 0 spiro atoms. The molecule has 2 atom stereocenters. The highest BCUT2D eigenvalue weighted by Gasteiger charge is 2.55. The molecule has 0 bridgehead atoms. The average molecular weight is 302 g/mol. The summed E-state index contributed by atoms with van der Waals surface area (Å²) in [4.78, 5) is 11.8. The van der Waals surface area contributed by atoms with E-state index >= 15 is 0 Å². The van der Waals surface area contributed by atoms with Crippen LogP contribution in [0.25, 0.3) is 0 Å². The summed E-state index contributed by atoms with van der Waals surface area (Å²) in [5.41, 5.74) is 6.16. The van der Waals surface area contributed by atoms with E-state index in [9.17, 15) is 4.79 Å². The Labute approximate surface area is 131 Å². The van der Waals surface area contributed by atoms with Gasteiger partial charge in [-0.2, -0.15) is 0 Å².